The van der Waals surface area contributed by atoms with Crippen molar-refractivity contribution in [3.8, 4) is 11.5 Å². The van der Waals surface area contributed by atoms with Crippen molar-refractivity contribution in [1.29, 1.82) is 0 Å². The maximum Gasteiger partial charge on any atom is 0.353 e. The fourth-order valence-corrected chi connectivity index (χ4v) is 6.87. The smallest absolute Gasteiger partial charge is 0.353 e. The number of hydrogen-bond donors (Lipinski definition) is 2. The van der Waals surface area contributed by atoms with Gasteiger partial charge < -0.3 is 20.1 Å². The van der Waals surface area contributed by atoms with E-state index in [2.05, 4.69) is 31.4 Å². The molecular weight excluding hydrogens is 480 g/mol. The number of nitrogens with one attached hydrogen (secondary N) is 2. The second-order valence-electron chi connectivity index (χ2n) is 9.82. The van der Waals surface area contributed by atoms with Gasteiger partial charge in [-0.05, 0) is 65.3 Å². The minimum absolute atomic E-state index is 0.0402. The zero-order valence-electron chi connectivity index (χ0n) is 20.4. The number of ether oxygens (including phenoxy) is 2. The highest BCUT2D eigenvalue weighted by Crippen LogP contribution is 2.47. The van der Waals surface area contributed by atoms with Crippen LogP contribution in [0.5, 0.6) is 11.5 Å². The molecule has 1 aromatic carbocycles. The summed E-state index contributed by atoms with van der Waals surface area (Å²) in [6, 6.07) is 8.88. The number of amides is 1. The van der Waals surface area contributed by atoms with Gasteiger partial charge in [-0.3, -0.25) is 4.79 Å². The quantitative estimate of drug-likeness (QED) is 0.295. The average Bonchev–Trinajstić information content (AvgIpc) is 3.52. The number of benzene rings is 1. The van der Waals surface area contributed by atoms with Crippen LogP contribution in [0.4, 0.5) is 5.00 Å². The molecule has 0 saturated heterocycles. The van der Waals surface area contributed by atoms with Crippen LogP contribution in [-0.2, 0) is 12.8 Å². The van der Waals surface area contributed by atoms with Crippen molar-refractivity contribution in [1.82, 2.24) is 5.32 Å². The monoisotopic (exact) mass is 510 g/mol. The normalized spacial score (nSPS) is 19.3. The molecule has 1 amide bonds. The van der Waals surface area contributed by atoms with Gasteiger partial charge in [0.05, 0.1) is 12.7 Å². The SMILES string of the molecule is CCC(C)(C)[C@H]1CCc2c(sc3c2C(=O)N[C@@H](c2ccc(OC(=O)c4cccs4)c(OC)c2)N3)C1. The van der Waals surface area contributed by atoms with Gasteiger partial charge in [-0.15, -0.1) is 22.7 Å². The molecule has 2 N–H and O–H groups in total. The van der Waals surface area contributed by atoms with Crippen molar-refractivity contribution in [2.24, 2.45) is 11.3 Å². The van der Waals surface area contributed by atoms with E-state index in [0.717, 1.165) is 41.8 Å². The Kier molecular flexibility index (Phi) is 6.36. The Morgan fingerprint density at radius 1 is 1.20 bits per heavy atom. The van der Waals surface area contributed by atoms with Gasteiger partial charge in [0, 0.05) is 4.88 Å². The summed E-state index contributed by atoms with van der Waals surface area (Å²) < 4.78 is 11.0. The molecule has 3 aromatic rings. The third-order valence-electron chi connectivity index (χ3n) is 7.51. The molecule has 0 fully saturated rings. The molecule has 8 heteroatoms. The topological polar surface area (TPSA) is 76.7 Å². The molecule has 184 valence electrons. The first-order valence-electron chi connectivity index (χ1n) is 12.0. The number of anilines is 1. The number of rotatable bonds is 6. The van der Waals surface area contributed by atoms with Crippen molar-refractivity contribution in [3.63, 3.8) is 0 Å². The van der Waals surface area contributed by atoms with Crippen LogP contribution in [0.2, 0.25) is 0 Å². The second-order valence-corrected chi connectivity index (χ2v) is 11.9. The molecule has 5 rings (SSSR count). The Labute approximate surface area is 213 Å². The lowest BCUT2D eigenvalue weighted by molar-refractivity contribution is 0.0734. The molecule has 0 radical (unpaired) electrons. The van der Waals surface area contributed by atoms with E-state index in [1.165, 1.54) is 28.9 Å². The lowest BCUT2D eigenvalue weighted by atomic mass is 9.69. The Morgan fingerprint density at radius 3 is 2.74 bits per heavy atom. The minimum atomic E-state index is -0.423. The highest BCUT2D eigenvalue weighted by atomic mass is 32.1. The first kappa shape index (κ1) is 23.9. The molecule has 3 heterocycles. The number of fused-ring (bicyclic) bond motifs is 3. The lowest BCUT2D eigenvalue weighted by Crippen LogP contribution is -2.38. The molecule has 35 heavy (non-hydrogen) atoms. The highest BCUT2D eigenvalue weighted by molar-refractivity contribution is 7.16. The van der Waals surface area contributed by atoms with Gasteiger partial charge in [0.15, 0.2) is 11.5 Å². The van der Waals surface area contributed by atoms with Crippen LogP contribution in [0.3, 0.4) is 0 Å². The maximum atomic E-state index is 13.2. The van der Waals surface area contributed by atoms with Crippen LogP contribution in [0, 0.1) is 11.3 Å². The van der Waals surface area contributed by atoms with Crippen LogP contribution in [-0.4, -0.2) is 19.0 Å². The van der Waals surface area contributed by atoms with E-state index in [4.69, 9.17) is 9.47 Å². The molecule has 0 saturated carbocycles. The second kappa shape index (κ2) is 9.32. The van der Waals surface area contributed by atoms with E-state index >= 15 is 0 Å². The van der Waals surface area contributed by atoms with Gasteiger partial charge in [0.2, 0.25) is 0 Å². The summed E-state index contributed by atoms with van der Waals surface area (Å²) in [4.78, 5) is 27.4. The Balaban J connectivity index is 1.37. The van der Waals surface area contributed by atoms with Crippen molar-refractivity contribution >= 4 is 39.6 Å². The summed E-state index contributed by atoms with van der Waals surface area (Å²) in [6.07, 6.45) is 3.86. The summed E-state index contributed by atoms with van der Waals surface area (Å²) >= 11 is 3.04. The van der Waals surface area contributed by atoms with Gasteiger partial charge in [-0.1, -0.05) is 39.3 Å². The van der Waals surface area contributed by atoms with Gasteiger partial charge in [-0.25, -0.2) is 4.79 Å². The van der Waals surface area contributed by atoms with E-state index in [1.54, 1.807) is 35.6 Å². The number of carbonyl (C=O) groups is 2. The largest absolute Gasteiger partial charge is 0.493 e. The molecule has 1 aliphatic carbocycles. The third kappa shape index (κ3) is 4.45. The zero-order valence-corrected chi connectivity index (χ0v) is 22.0. The Hall–Kier alpha value is -2.84. The van der Waals surface area contributed by atoms with Crippen molar-refractivity contribution < 1.29 is 19.1 Å². The van der Waals surface area contributed by atoms with E-state index in [0.29, 0.717) is 27.7 Å². The fourth-order valence-electron chi connectivity index (χ4n) is 4.91. The fraction of sp³-hybridized carbons (Fsp3) is 0.407. The Morgan fingerprint density at radius 2 is 2.03 bits per heavy atom. The highest BCUT2D eigenvalue weighted by Gasteiger charge is 2.37. The van der Waals surface area contributed by atoms with E-state index in [1.807, 2.05) is 11.4 Å². The molecule has 2 atom stereocenters. The summed E-state index contributed by atoms with van der Waals surface area (Å²) in [5.74, 6) is 0.945. The average molecular weight is 511 g/mol. The molecule has 2 aliphatic rings. The van der Waals surface area contributed by atoms with E-state index < -0.39 is 12.1 Å². The lowest BCUT2D eigenvalue weighted by Gasteiger charge is -2.36. The molecule has 0 unspecified atom stereocenters. The molecule has 0 bridgehead atoms. The van der Waals surface area contributed by atoms with Crippen LogP contribution >= 0.6 is 22.7 Å². The number of methoxy groups -OCH3 is 1. The van der Waals surface area contributed by atoms with Crippen LogP contribution < -0.4 is 20.1 Å². The minimum Gasteiger partial charge on any atom is -0.493 e. The van der Waals surface area contributed by atoms with E-state index in [9.17, 15) is 9.59 Å². The van der Waals surface area contributed by atoms with Crippen LogP contribution in [0.25, 0.3) is 0 Å². The van der Waals surface area contributed by atoms with Gasteiger partial charge in [0.1, 0.15) is 16.0 Å². The number of hydrogen-bond acceptors (Lipinski definition) is 7. The molecule has 6 nitrogen and oxygen atoms in total. The number of esters is 1. The van der Waals surface area contributed by atoms with Gasteiger partial charge >= 0.3 is 5.97 Å². The summed E-state index contributed by atoms with van der Waals surface area (Å²) in [7, 11) is 1.54. The van der Waals surface area contributed by atoms with Crippen molar-refractivity contribution in [2.75, 3.05) is 12.4 Å². The van der Waals surface area contributed by atoms with Crippen LogP contribution in [0.15, 0.2) is 35.7 Å². The number of carbonyl (C=O) groups excluding carboxylic acids is 2. The Bertz CT molecular complexity index is 1260. The number of thiophene rings is 2. The maximum absolute atomic E-state index is 13.2. The molecule has 0 spiro atoms. The summed E-state index contributed by atoms with van der Waals surface area (Å²) in [5.41, 5.74) is 3.15. The predicted octanol–water partition coefficient (Wildman–Crippen LogP) is 6.43. The third-order valence-corrected chi connectivity index (χ3v) is 9.54. The first-order valence-corrected chi connectivity index (χ1v) is 13.7. The van der Waals surface area contributed by atoms with Gasteiger partial charge in [-0.2, -0.15) is 0 Å². The van der Waals surface area contributed by atoms with Crippen LogP contribution in [0.1, 0.15) is 75.8 Å². The summed E-state index contributed by atoms with van der Waals surface area (Å²) in [6.45, 7) is 6.97. The molecule has 1 aliphatic heterocycles. The van der Waals surface area contributed by atoms with Gasteiger partial charge in [0.25, 0.3) is 5.91 Å². The zero-order chi connectivity index (χ0) is 24.7. The first-order chi connectivity index (χ1) is 16.8. The standard InChI is InChI=1S/C27H30N2O4S2/c1-5-27(2,3)16-9-10-17-21(14-16)35-25-22(17)24(30)28-23(29-25)15-8-11-18(19(13-15)32-4)33-26(31)20-7-6-12-34-20/h6-8,11-13,16,23,29H,5,9-10,14H2,1-4H3,(H,28,30)/t16-,23+/m0/s1. The summed E-state index contributed by atoms with van der Waals surface area (Å²) in [5, 5.41) is 9.40. The molecular formula is C27H30N2O4S2. The predicted molar refractivity (Wildman–Crippen MR) is 140 cm³/mol. The van der Waals surface area contributed by atoms with Crippen molar-refractivity contribution in [3.05, 3.63) is 62.2 Å². The van der Waals surface area contributed by atoms with E-state index in [-0.39, 0.29) is 5.91 Å². The van der Waals surface area contributed by atoms with Crippen molar-refractivity contribution in [2.45, 2.75) is 52.6 Å². The molecule has 2 aromatic heterocycles.